The number of carbonyl (C=O) groups is 1. The van der Waals surface area contributed by atoms with Crippen LogP contribution >= 0.6 is 35.0 Å². The Bertz CT molecular complexity index is 1220. The number of aromatic nitrogens is 2. The Kier molecular flexibility index (Phi) is 6.69. The standard InChI is InChI=1S/C23H22Cl2N6O2S/c1-33-19-11-14(5-6-18(19)30-9-7-26-8-10-30)28-23-27-12-15-21(29-23)34-13-31(22(15)32)20-16(24)3-2-4-17(20)25/h2-6,11-12,26H,7-10,13H2,1H3,(H,27,28,29). The monoisotopic (exact) mass is 516 g/mol. The molecule has 5 rings (SSSR count). The Morgan fingerprint density at radius 1 is 1.15 bits per heavy atom. The minimum atomic E-state index is -0.239. The molecular weight excluding hydrogens is 495 g/mol. The van der Waals surface area contributed by atoms with Gasteiger partial charge in [-0.3, -0.25) is 9.69 Å². The maximum Gasteiger partial charge on any atom is 0.263 e. The third kappa shape index (κ3) is 4.48. The van der Waals surface area contributed by atoms with Crippen molar-refractivity contribution >= 4 is 63.9 Å². The number of thioether (sulfide) groups is 1. The number of halogens is 2. The van der Waals surface area contributed by atoms with Gasteiger partial charge in [0.15, 0.2) is 0 Å². The summed E-state index contributed by atoms with van der Waals surface area (Å²) >= 11 is 14.0. The molecule has 2 aromatic carbocycles. The molecule has 1 saturated heterocycles. The second-order valence-corrected chi connectivity index (χ2v) is 9.49. The van der Waals surface area contributed by atoms with Gasteiger partial charge in [0.1, 0.15) is 10.8 Å². The smallest absolute Gasteiger partial charge is 0.263 e. The van der Waals surface area contributed by atoms with Gasteiger partial charge in [0.05, 0.1) is 40.0 Å². The number of hydrogen-bond donors (Lipinski definition) is 2. The van der Waals surface area contributed by atoms with Crippen LogP contribution in [0.5, 0.6) is 5.75 Å². The summed E-state index contributed by atoms with van der Waals surface area (Å²) in [4.78, 5) is 25.9. The number of fused-ring (bicyclic) bond motifs is 1. The molecule has 34 heavy (non-hydrogen) atoms. The molecular formula is C23H22Cl2N6O2S. The van der Waals surface area contributed by atoms with Gasteiger partial charge < -0.3 is 20.3 Å². The van der Waals surface area contributed by atoms with Crippen LogP contribution in [-0.4, -0.2) is 55.0 Å². The van der Waals surface area contributed by atoms with E-state index in [0.29, 0.717) is 38.1 Å². The summed E-state index contributed by atoms with van der Waals surface area (Å²) < 4.78 is 5.64. The van der Waals surface area contributed by atoms with Gasteiger partial charge in [0.25, 0.3) is 5.91 Å². The number of carbonyl (C=O) groups excluding carboxylic acids is 1. The Morgan fingerprint density at radius 3 is 2.65 bits per heavy atom. The van der Waals surface area contributed by atoms with Gasteiger partial charge in [-0.15, -0.1) is 0 Å². The Morgan fingerprint density at radius 2 is 1.91 bits per heavy atom. The first-order valence-electron chi connectivity index (χ1n) is 10.7. The van der Waals surface area contributed by atoms with E-state index in [9.17, 15) is 4.79 Å². The lowest BCUT2D eigenvalue weighted by Gasteiger charge is -2.30. The summed E-state index contributed by atoms with van der Waals surface area (Å²) in [6.07, 6.45) is 1.53. The lowest BCUT2D eigenvalue weighted by atomic mass is 10.2. The lowest BCUT2D eigenvalue weighted by molar-refractivity contribution is 0.0985. The zero-order valence-corrected chi connectivity index (χ0v) is 20.7. The van der Waals surface area contributed by atoms with Gasteiger partial charge >= 0.3 is 0 Å². The van der Waals surface area contributed by atoms with Crippen LogP contribution in [0.2, 0.25) is 10.0 Å². The summed E-state index contributed by atoms with van der Waals surface area (Å²) in [5, 5.41) is 8.02. The molecule has 8 nitrogen and oxygen atoms in total. The molecule has 0 bridgehead atoms. The molecule has 1 aromatic heterocycles. The summed E-state index contributed by atoms with van der Waals surface area (Å²) in [6.45, 7) is 3.75. The van der Waals surface area contributed by atoms with Crippen molar-refractivity contribution in [1.82, 2.24) is 15.3 Å². The van der Waals surface area contributed by atoms with E-state index in [0.717, 1.165) is 43.3 Å². The number of para-hydroxylation sites is 1. The number of anilines is 4. The minimum absolute atomic E-state index is 0.239. The first-order chi connectivity index (χ1) is 16.5. The highest BCUT2D eigenvalue weighted by Gasteiger charge is 2.30. The van der Waals surface area contributed by atoms with Crippen LogP contribution in [0.25, 0.3) is 0 Å². The van der Waals surface area contributed by atoms with Crippen LogP contribution in [0, 0.1) is 0 Å². The molecule has 2 aliphatic rings. The predicted molar refractivity (Wildman–Crippen MR) is 137 cm³/mol. The second kappa shape index (κ2) is 9.87. The zero-order chi connectivity index (χ0) is 23.7. The Labute approximate surface area is 211 Å². The molecule has 0 atom stereocenters. The fraction of sp³-hybridized carbons (Fsp3) is 0.261. The maximum absolute atomic E-state index is 13.1. The molecule has 3 heterocycles. The average Bonchev–Trinajstić information content (AvgIpc) is 2.85. The van der Waals surface area contributed by atoms with Crippen LogP contribution in [0.3, 0.4) is 0 Å². The van der Waals surface area contributed by atoms with Crippen molar-refractivity contribution < 1.29 is 9.53 Å². The van der Waals surface area contributed by atoms with E-state index in [4.69, 9.17) is 27.9 Å². The first-order valence-corrected chi connectivity index (χ1v) is 12.5. The van der Waals surface area contributed by atoms with Crippen molar-refractivity contribution in [2.45, 2.75) is 5.03 Å². The van der Waals surface area contributed by atoms with Gasteiger partial charge in [-0.1, -0.05) is 41.0 Å². The predicted octanol–water partition coefficient (Wildman–Crippen LogP) is 4.66. The van der Waals surface area contributed by atoms with Crippen LogP contribution in [0.15, 0.2) is 47.6 Å². The third-order valence-electron chi connectivity index (χ3n) is 5.66. The summed E-state index contributed by atoms with van der Waals surface area (Å²) in [5.74, 6) is 1.29. The van der Waals surface area contributed by atoms with E-state index < -0.39 is 0 Å². The highest BCUT2D eigenvalue weighted by molar-refractivity contribution is 7.99. The van der Waals surface area contributed by atoms with Crippen molar-refractivity contribution in [3.8, 4) is 5.75 Å². The number of hydrogen-bond acceptors (Lipinski definition) is 8. The fourth-order valence-corrected chi connectivity index (χ4v) is 5.52. The number of rotatable bonds is 5. The first kappa shape index (κ1) is 23.0. The largest absolute Gasteiger partial charge is 0.495 e. The number of ether oxygens (including phenoxy) is 1. The van der Waals surface area contributed by atoms with Gasteiger partial charge in [-0.2, -0.15) is 0 Å². The van der Waals surface area contributed by atoms with E-state index in [1.165, 1.54) is 18.0 Å². The quantitative estimate of drug-likeness (QED) is 0.474. The van der Waals surface area contributed by atoms with E-state index in [1.54, 1.807) is 30.2 Å². The van der Waals surface area contributed by atoms with Crippen molar-refractivity contribution in [2.24, 2.45) is 0 Å². The topological polar surface area (TPSA) is 82.6 Å². The number of amides is 1. The summed E-state index contributed by atoms with van der Waals surface area (Å²) in [6, 6.07) is 11.1. The van der Waals surface area contributed by atoms with E-state index in [-0.39, 0.29) is 5.91 Å². The van der Waals surface area contributed by atoms with Crippen molar-refractivity contribution in [1.29, 1.82) is 0 Å². The molecule has 11 heteroatoms. The van der Waals surface area contributed by atoms with E-state index >= 15 is 0 Å². The molecule has 1 fully saturated rings. The van der Waals surface area contributed by atoms with Crippen LogP contribution in [-0.2, 0) is 0 Å². The highest BCUT2D eigenvalue weighted by Crippen LogP contribution is 2.39. The molecule has 2 aliphatic heterocycles. The van der Waals surface area contributed by atoms with Gasteiger partial charge in [-0.05, 0) is 24.3 Å². The van der Waals surface area contributed by atoms with E-state index in [1.807, 2.05) is 18.2 Å². The molecule has 1 amide bonds. The van der Waals surface area contributed by atoms with Gasteiger partial charge in [0, 0.05) is 44.1 Å². The number of nitrogens with one attached hydrogen (secondary N) is 2. The summed E-state index contributed by atoms with van der Waals surface area (Å²) in [5.41, 5.74) is 2.75. The fourth-order valence-electron chi connectivity index (χ4n) is 3.98. The number of benzene rings is 2. The summed E-state index contributed by atoms with van der Waals surface area (Å²) in [7, 11) is 1.67. The van der Waals surface area contributed by atoms with Crippen LogP contribution in [0.4, 0.5) is 23.0 Å². The minimum Gasteiger partial charge on any atom is -0.495 e. The SMILES string of the molecule is COc1cc(Nc2ncc3c(n2)SCN(c2c(Cl)cccc2Cl)C3=O)ccc1N1CCNCC1. The molecule has 0 radical (unpaired) electrons. The number of piperazine rings is 1. The molecule has 0 spiro atoms. The van der Waals surface area contributed by atoms with Crippen molar-refractivity contribution in [3.05, 3.63) is 58.2 Å². The van der Waals surface area contributed by atoms with Crippen LogP contribution < -0.4 is 25.2 Å². The third-order valence-corrected chi connectivity index (χ3v) is 7.24. The van der Waals surface area contributed by atoms with Gasteiger partial charge in [-0.25, -0.2) is 9.97 Å². The Balaban J connectivity index is 1.36. The molecule has 176 valence electrons. The second-order valence-electron chi connectivity index (χ2n) is 7.74. The Hall–Kier alpha value is -2.72. The average molecular weight is 517 g/mol. The van der Waals surface area contributed by atoms with Crippen molar-refractivity contribution in [2.75, 3.05) is 54.3 Å². The van der Waals surface area contributed by atoms with Crippen LogP contribution in [0.1, 0.15) is 10.4 Å². The molecule has 2 N–H and O–H groups in total. The maximum atomic E-state index is 13.1. The normalized spacial score (nSPS) is 15.8. The molecule has 0 aliphatic carbocycles. The number of nitrogens with zero attached hydrogens (tertiary/aromatic N) is 4. The zero-order valence-electron chi connectivity index (χ0n) is 18.3. The van der Waals surface area contributed by atoms with Gasteiger partial charge in [0.2, 0.25) is 5.95 Å². The van der Waals surface area contributed by atoms with Crippen molar-refractivity contribution in [3.63, 3.8) is 0 Å². The highest BCUT2D eigenvalue weighted by atomic mass is 35.5. The molecule has 0 saturated carbocycles. The number of methoxy groups -OCH3 is 1. The molecule has 3 aromatic rings. The van der Waals surface area contributed by atoms with E-state index in [2.05, 4.69) is 25.5 Å². The molecule has 0 unspecified atom stereocenters. The lowest BCUT2D eigenvalue weighted by Crippen LogP contribution is -2.43.